The smallest absolute Gasteiger partial charge is 0.233 e. The van der Waals surface area contributed by atoms with Gasteiger partial charge in [0.2, 0.25) is 12.7 Å². The number of hydrogen-bond donors (Lipinski definition) is 1. The zero-order valence-electron chi connectivity index (χ0n) is 14.4. The number of amides is 1. The van der Waals surface area contributed by atoms with Crippen LogP contribution in [0.15, 0.2) is 65.6 Å². The Kier molecular flexibility index (Phi) is 4.71. The maximum Gasteiger partial charge on any atom is 0.233 e. The van der Waals surface area contributed by atoms with E-state index in [4.69, 9.17) is 9.47 Å². The van der Waals surface area contributed by atoms with Gasteiger partial charge in [-0.1, -0.05) is 36.4 Å². The van der Waals surface area contributed by atoms with Crippen LogP contribution >= 0.6 is 11.8 Å². The van der Waals surface area contributed by atoms with Crippen LogP contribution in [0, 0.1) is 0 Å². The number of nitrogens with one attached hydrogen (secondary N) is 1. The molecule has 1 aliphatic rings. The molecule has 4 nitrogen and oxygen atoms in total. The molecule has 0 spiro atoms. The minimum Gasteiger partial charge on any atom is -0.454 e. The second-order valence-corrected chi connectivity index (χ2v) is 7.59. The zero-order chi connectivity index (χ0) is 17.9. The van der Waals surface area contributed by atoms with E-state index in [1.54, 1.807) is 11.8 Å². The molecule has 4 rings (SSSR count). The van der Waals surface area contributed by atoms with Crippen molar-refractivity contribution >= 4 is 28.4 Å². The zero-order valence-corrected chi connectivity index (χ0v) is 15.2. The fourth-order valence-corrected chi connectivity index (χ4v) is 3.82. The predicted octanol–water partition coefficient (Wildman–Crippen LogP) is 4.37. The third kappa shape index (κ3) is 3.63. The first-order chi connectivity index (χ1) is 12.7. The SMILES string of the molecule is C[C@@H](Sc1ccc2ccccc2c1)C(=O)NCc1ccc2c(c1)OCO2. The quantitative estimate of drug-likeness (QED) is 0.682. The third-order valence-electron chi connectivity index (χ3n) is 4.31. The molecule has 0 unspecified atom stereocenters. The highest BCUT2D eigenvalue weighted by atomic mass is 32.2. The van der Waals surface area contributed by atoms with Crippen LogP contribution in [0.3, 0.4) is 0 Å². The number of carbonyl (C=O) groups is 1. The Morgan fingerprint density at radius 2 is 1.85 bits per heavy atom. The summed E-state index contributed by atoms with van der Waals surface area (Å²) in [5.41, 5.74) is 0.991. The molecule has 0 fully saturated rings. The molecule has 1 atom stereocenters. The van der Waals surface area contributed by atoms with Crippen LogP contribution in [0.25, 0.3) is 10.8 Å². The van der Waals surface area contributed by atoms with Crippen molar-refractivity contribution in [2.45, 2.75) is 23.6 Å². The van der Waals surface area contributed by atoms with Gasteiger partial charge in [-0.25, -0.2) is 0 Å². The first kappa shape index (κ1) is 16.8. The number of rotatable bonds is 5. The summed E-state index contributed by atoms with van der Waals surface area (Å²) in [6.45, 7) is 2.65. The Labute approximate surface area is 156 Å². The summed E-state index contributed by atoms with van der Waals surface area (Å²) in [4.78, 5) is 13.5. The summed E-state index contributed by atoms with van der Waals surface area (Å²) in [7, 11) is 0. The number of thioether (sulfide) groups is 1. The molecule has 0 aromatic heterocycles. The normalized spacial score (nSPS) is 13.6. The van der Waals surface area contributed by atoms with Gasteiger partial charge in [0, 0.05) is 11.4 Å². The van der Waals surface area contributed by atoms with Crippen molar-refractivity contribution in [3.8, 4) is 11.5 Å². The molecule has 0 bridgehead atoms. The average molecular weight is 365 g/mol. The molecule has 3 aromatic carbocycles. The molecule has 132 valence electrons. The summed E-state index contributed by atoms with van der Waals surface area (Å²) < 4.78 is 10.7. The lowest BCUT2D eigenvalue weighted by Gasteiger charge is -2.13. The van der Waals surface area contributed by atoms with E-state index in [1.165, 1.54) is 10.8 Å². The van der Waals surface area contributed by atoms with Gasteiger partial charge < -0.3 is 14.8 Å². The number of benzene rings is 3. The molecule has 1 N–H and O–H groups in total. The molecule has 1 aliphatic heterocycles. The van der Waals surface area contributed by atoms with Crippen molar-refractivity contribution in [2.75, 3.05) is 6.79 Å². The van der Waals surface area contributed by atoms with E-state index < -0.39 is 0 Å². The van der Waals surface area contributed by atoms with Crippen molar-refractivity contribution in [2.24, 2.45) is 0 Å². The van der Waals surface area contributed by atoms with Crippen LogP contribution in [-0.4, -0.2) is 18.0 Å². The fraction of sp³-hybridized carbons (Fsp3) is 0.190. The Hall–Kier alpha value is -2.66. The van der Waals surface area contributed by atoms with Crippen LogP contribution in [-0.2, 0) is 11.3 Å². The van der Waals surface area contributed by atoms with Gasteiger partial charge >= 0.3 is 0 Å². The number of carbonyl (C=O) groups excluding carboxylic acids is 1. The fourth-order valence-electron chi connectivity index (χ4n) is 2.88. The van der Waals surface area contributed by atoms with E-state index in [1.807, 2.05) is 37.3 Å². The first-order valence-electron chi connectivity index (χ1n) is 8.51. The van der Waals surface area contributed by atoms with Crippen LogP contribution in [0.1, 0.15) is 12.5 Å². The standard InChI is InChI=1S/C21H19NO3S/c1-14(26-18-8-7-16-4-2-3-5-17(16)11-18)21(23)22-12-15-6-9-19-20(10-15)25-13-24-19/h2-11,14H,12-13H2,1H3,(H,22,23)/t14-/m1/s1. The Bertz CT molecular complexity index is 957. The minimum absolute atomic E-state index is 0.0147. The van der Waals surface area contributed by atoms with E-state index >= 15 is 0 Å². The van der Waals surface area contributed by atoms with Crippen LogP contribution < -0.4 is 14.8 Å². The van der Waals surface area contributed by atoms with E-state index in [-0.39, 0.29) is 18.0 Å². The second kappa shape index (κ2) is 7.30. The Morgan fingerprint density at radius 1 is 1.04 bits per heavy atom. The molecule has 0 saturated carbocycles. The van der Waals surface area contributed by atoms with Gasteiger partial charge in [-0.15, -0.1) is 11.8 Å². The van der Waals surface area contributed by atoms with Gasteiger partial charge in [0.05, 0.1) is 5.25 Å². The summed E-state index contributed by atoms with van der Waals surface area (Å²) in [6, 6.07) is 20.2. The van der Waals surface area contributed by atoms with Gasteiger partial charge in [0.15, 0.2) is 11.5 Å². The first-order valence-corrected chi connectivity index (χ1v) is 9.39. The number of fused-ring (bicyclic) bond motifs is 2. The maximum atomic E-state index is 12.4. The molecule has 5 heteroatoms. The molecular formula is C21H19NO3S. The lowest BCUT2D eigenvalue weighted by Crippen LogP contribution is -2.30. The highest BCUT2D eigenvalue weighted by Gasteiger charge is 2.16. The highest BCUT2D eigenvalue weighted by molar-refractivity contribution is 8.00. The molecule has 0 saturated heterocycles. The lowest BCUT2D eigenvalue weighted by molar-refractivity contribution is -0.120. The van der Waals surface area contributed by atoms with Crippen molar-refractivity contribution in [1.29, 1.82) is 0 Å². The van der Waals surface area contributed by atoms with Crippen molar-refractivity contribution in [1.82, 2.24) is 5.32 Å². The summed E-state index contributed by atoms with van der Waals surface area (Å²) in [6.07, 6.45) is 0. The lowest BCUT2D eigenvalue weighted by atomic mass is 10.1. The van der Waals surface area contributed by atoms with Gasteiger partial charge in [0.25, 0.3) is 0 Å². The minimum atomic E-state index is -0.176. The molecule has 1 heterocycles. The molecule has 1 amide bonds. The predicted molar refractivity (Wildman–Crippen MR) is 104 cm³/mol. The van der Waals surface area contributed by atoms with Gasteiger partial charge in [0.1, 0.15) is 0 Å². The van der Waals surface area contributed by atoms with Gasteiger partial charge in [-0.3, -0.25) is 4.79 Å². The summed E-state index contributed by atoms with van der Waals surface area (Å²) in [5.74, 6) is 1.50. The summed E-state index contributed by atoms with van der Waals surface area (Å²) >= 11 is 1.57. The molecule has 0 aliphatic carbocycles. The topological polar surface area (TPSA) is 47.6 Å². The van der Waals surface area contributed by atoms with Gasteiger partial charge in [-0.2, -0.15) is 0 Å². The van der Waals surface area contributed by atoms with E-state index in [2.05, 4.69) is 35.6 Å². The number of hydrogen-bond acceptors (Lipinski definition) is 4. The molecule has 0 radical (unpaired) electrons. The van der Waals surface area contributed by atoms with Crippen LogP contribution in [0.2, 0.25) is 0 Å². The van der Waals surface area contributed by atoms with Gasteiger partial charge in [-0.05, 0) is 47.5 Å². The maximum absolute atomic E-state index is 12.4. The van der Waals surface area contributed by atoms with E-state index in [9.17, 15) is 4.79 Å². The van der Waals surface area contributed by atoms with Crippen molar-refractivity contribution < 1.29 is 14.3 Å². The monoisotopic (exact) mass is 365 g/mol. The van der Waals surface area contributed by atoms with Crippen LogP contribution in [0.5, 0.6) is 11.5 Å². The van der Waals surface area contributed by atoms with Crippen LogP contribution in [0.4, 0.5) is 0 Å². The summed E-state index contributed by atoms with van der Waals surface area (Å²) in [5, 5.41) is 5.21. The second-order valence-electron chi connectivity index (χ2n) is 6.17. The third-order valence-corrected chi connectivity index (χ3v) is 5.40. The largest absolute Gasteiger partial charge is 0.454 e. The Morgan fingerprint density at radius 3 is 2.73 bits per heavy atom. The molecular weight excluding hydrogens is 346 g/mol. The Balaban J connectivity index is 1.36. The molecule has 3 aromatic rings. The highest BCUT2D eigenvalue weighted by Crippen LogP contribution is 2.32. The van der Waals surface area contributed by atoms with Crippen molar-refractivity contribution in [3.05, 3.63) is 66.2 Å². The average Bonchev–Trinajstić information content (AvgIpc) is 3.13. The van der Waals surface area contributed by atoms with E-state index in [0.717, 1.165) is 22.0 Å². The van der Waals surface area contributed by atoms with Crippen molar-refractivity contribution in [3.63, 3.8) is 0 Å². The molecule has 26 heavy (non-hydrogen) atoms. The number of ether oxygens (including phenoxy) is 2. The van der Waals surface area contributed by atoms with E-state index in [0.29, 0.717) is 6.54 Å².